The lowest BCUT2D eigenvalue weighted by atomic mass is 10.0. The van der Waals surface area contributed by atoms with Crippen LogP contribution >= 0.6 is 0 Å². The van der Waals surface area contributed by atoms with Crippen molar-refractivity contribution in [3.63, 3.8) is 0 Å². The molecule has 0 spiro atoms. The average molecular weight is 565 g/mol. The minimum Gasteiger partial charge on any atom is -0.508 e. The summed E-state index contributed by atoms with van der Waals surface area (Å²) in [5.41, 5.74) is 22.3. The van der Waals surface area contributed by atoms with E-state index in [1.165, 1.54) is 24.3 Å². The van der Waals surface area contributed by atoms with E-state index in [0.29, 0.717) is 18.4 Å². The number of amides is 4. The normalized spacial score (nSPS) is 13.8. The number of guanidine groups is 1. The molecule has 0 saturated heterocycles. The topological polar surface area (TPSA) is 278 Å². The SMILES string of the molecule is CC(C)CC(N)C(=O)NC(CCCN=C(N)N)C(=O)NC(Cc1ccc(O)cc1)C(=O)NC(CC(N)=O)C(=O)O. The molecule has 0 aliphatic heterocycles. The van der Waals surface area contributed by atoms with E-state index in [1.54, 1.807) is 0 Å². The van der Waals surface area contributed by atoms with Gasteiger partial charge in [-0.15, -0.1) is 0 Å². The fraction of sp³-hybridized carbons (Fsp3) is 0.520. The summed E-state index contributed by atoms with van der Waals surface area (Å²) in [5, 5.41) is 26.3. The zero-order valence-electron chi connectivity index (χ0n) is 22.6. The number of aliphatic carboxylic acids is 1. The van der Waals surface area contributed by atoms with Crippen LogP contribution in [0.2, 0.25) is 0 Å². The largest absolute Gasteiger partial charge is 0.508 e. The highest BCUT2D eigenvalue weighted by molar-refractivity contribution is 5.95. The maximum Gasteiger partial charge on any atom is 0.326 e. The van der Waals surface area contributed by atoms with E-state index >= 15 is 0 Å². The van der Waals surface area contributed by atoms with Crippen molar-refractivity contribution < 1.29 is 34.2 Å². The van der Waals surface area contributed by atoms with E-state index < -0.39 is 60.2 Å². The van der Waals surface area contributed by atoms with Crippen LogP contribution in [0.4, 0.5) is 0 Å². The highest BCUT2D eigenvalue weighted by Crippen LogP contribution is 2.12. The lowest BCUT2D eigenvalue weighted by Gasteiger charge is -2.25. The Kier molecular flexibility index (Phi) is 13.9. The Morgan fingerprint density at radius 1 is 0.875 bits per heavy atom. The number of carboxylic acids is 1. The summed E-state index contributed by atoms with van der Waals surface area (Å²) in [6.45, 7) is 3.95. The number of aliphatic imine (C=N–C) groups is 1. The first-order chi connectivity index (χ1) is 18.7. The zero-order valence-corrected chi connectivity index (χ0v) is 22.6. The molecule has 0 fully saturated rings. The molecule has 0 radical (unpaired) electrons. The summed E-state index contributed by atoms with van der Waals surface area (Å²) in [7, 11) is 0. The zero-order chi connectivity index (χ0) is 30.4. The molecule has 222 valence electrons. The van der Waals surface area contributed by atoms with Crippen molar-refractivity contribution >= 4 is 35.6 Å². The molecule has 1 rings (SSSR count). The average Bonchev–Trinajstić information content (AvgIpc) is 2.85. The predicted octanol–water partition coefficient (Wildman–Crippen LogP) is -2.22. The van der Waals surface area contributed by atoms with Crippen LogP contribution in [0.5, 0.6) is 5.75 Å². The minimum atomic E-state index is -1.63. The molecule has 13 N–H and O–H groups in total. The van der Waals surface area contributed by atoms with Gasteiger partial charge in [-0.2, -0.15) is 0 Å². The van der Waals surface area contributed by atoms with Gasteiger partial charge in [0.1, 0.15) is 23.9 Å². The fourth-order valence-corrected chi connectivity index (χ4v) is 3.69. The number of primary amides is 1. The van der Waals surface area contributed by atoms with Gasteiger partial charge in [0, 0.05) is 13.0 Å². The number of hydrogen-bond donors (Lipinski definition) is 9. The van der Waals surface area contributed by atoms with Gasteiger partial charge in [-0.25, -0.2) is 4.79 Å². The van der Waals surface area contributed by atoms with E-state index in [0.717, 1.165) is 0 Å². The van der Waals surface area contributed by atoms with Crippen LogP contribution in [-0.4, -0.2) is 76.5 Å². The van der Waals surface area contributed by atoms with Gasteiger partial charge in [0.05, 0.1) is 12.5 Å². The molecule has 0 aromatic heterocycles. The van der Waals surface area contributed by atoms with Gasteiger partial charge in [-0.1, -0.05) is 26.0 Å². The second-order valence-corrected chi connectivity index (χ2v) is 9.75. The number of benzene rings is 1. The molecule has 4 atom stereocenters. The fourth-order valence-electron chi connectivity index (χ4n) is 3.69. The summed E-state index contributed by atoms with van der Waals surface area (Å²) >= 11 is 0. The van der Waals surface area contributed by atoms with Crippen molar-refractivity contribution in [3.8, 4) is 5.75 Å². The molecular weight excluding hydrogens is 524 g/mol. The Bertz CT molecular complexity index is 1060. The smallest absolute Gasteiger partial charge is 0.326 e. The standard InChI is InChI=1S/C25H40N8O7/c1-13(2)10-16(26)21(36)31-17(4-3-9-30-25(28)29)22(37)32-18(11-14-5-7-15(34)8-6-14)23(38)33-19(24(39)40)12-20(27)35/h5-8,13,16-19,34H,3-4,9-12,26H2,1-2H3,(H2,27,35)(H,31,36)(H,32,37)(H,33,38)(H,39,40)(H4,28,29,30). The number of nitrogens with two attached hydrogens (primary N) is 4. The second kappa shape index (κ2) is 16.5. The summed E-state index contributed by atoms with van der Waals surface area (Å²) in [5.74, 6) is -4.70. The van der Waals surface area contributed by atoms with Crippen molar-refractivity contribution in [3.05, 3.63) is 29.8 Å². The monoisotopic (exact) mass is 564 g/mol. The predicted molar refractivity (Wildman–Crippen MR) is 146 cm³/mol. The van der Waals surface area contributed by atoms with E-state index in [4.69, 9.17) is 22.9 Å². The first kappa shape index (κ1) is 33.6. The number of carbonyl (C=O) groups excluding carboxylic acids is 4. The lowest BCUT2D eigenvalue weighted by molar-refractivity contribution is -0.143. The minimum absolute atomic E-state index is 0.0255. The van der Waals surface area contributed by atoms with Crippen molar-refractivity contribution in [2.45, 2.75) is 70.1 Å². The van der Waals surface area contributed by atoms with E-state index in [9.17, 15) is 34.2 Å². The molecule has 15 heteroatoms. The van der Waals surface area contributed by atoms with Gasteiger partial charge in [-0.3, -0.25) is 24.2 Å². The third-order valence-corrected chi connectivity index (χ3v) is 5.67. The van der Waals surface area contributed by atoms with Gasteiger partial charge >= 0.3 is 5.97 Å². The molecule has 1 aromatic carbocycles. The Labute approximate surface area is 232 Å². The molecule has 1 aromatic rings. The molecule has 40 heavy (non-hydrogen) atoms. The van der Waals surface area contributed by atoms with Crippen LogP contribution in [0.1, 0.15) is 45.1 Å². The Morgan fingerprint density at radius 2 is 1.43 bits per heavy atom. The first-order valence-electron chi connectivity index (χ1n) is 12.7. The van der Waals surface area contributed by atoms with Crippen LogP contribution in [0.25, 0.3) is 0 Å². The number of rotatable bonds is 17. The van der Waals surface area contributed by atoms with Crippen LogP contribution < -0.4 is 38.9 Å². The van der Waals surface area contributed by atoms with Crippen LogP contribution in [-0.2, 0) is 30.4 Å². The van der Waals surface area contributed by atoms with Gasteiger partial charge in [0.15, 0.2) is 5.96 Å². The quantitative estimate of drug-likeness (QED) is 0.0558. The van der Waals surface area contributed by atoms with Crippen LogP contribution in [0.15, 0.2) is 29.3 Å². The first-order valence-corrected chi connectivity index (χ1v) is 12.7. The van der Waals surface area contributed by atoms with Crippen LogP contribution in [0.3, 0.4) is 0 Å². The van der Waals surface area contributed by atoms with Crippen molar-refractivity contribution in [1.29, 1.82) is 0 Å². The molecule has 4 unspecified atom stereocenters. The van der Waals surface area contributed by atoms with Gasteiger partial charge in [0.25, 0.3) is 0 Å². The van der Waals surface area contributed by atoms with Crippen molar-refractivity contribution in [2.75, 3.05) is 6.54 Å². The highest BCUT2D eigenvalue weighted by Gasteiger charge is 2.31. The van der Waals surface area contributed by atoms with Gasteiger partial charge < -0.3 is 49.1 Å². The maximum atomic E-state index is 13.3. The highest BCUT2D eigenvalue weighted by atomic mass is 16.4. The molecule has 0 aliphatic rings. The number of carboxylic acid groups (broad SMARTS) is 1. The lowest BCUT2D eigenvalue weighted by Crippen LogP contribution is -2.58. The third kappa shape index (κ3) is 12.9. The summed E-state index contributed by atoms with van der Waals surface area (Å²) in [6.07, 6.45) is -0.0170. The number of nitrogens with one attached hydrogen (secondary N) is 3. The Hall–Kier alpha value is -4.40. The summed E-state index contributed by atoms with van der Waals surface area (Å²) in [6, 6.07) is 0.814. The Morgan fingerprint density at radius 3 is 1.95 bits per heavy atom. The van der Waals surface area contributed by atoms with Crippen molar-refractivity contribution in [2.24, 2.45) is 33.8 Å². The second-order valence-electron chi connectivity index (χ2n) is 9.75. The maximum absolute atomic E-state index is 13.3. The van der Waals surface area contributed by atoms with Gasteiger partial charge in [0.2, 0.25) is 23.6 Å². The molecule has 0 bridgehead atoms. The van der Waals surface area contributed by atoms with E-state index in [2.05, 4.69) is 20.9 Å². The van der Waals surface area contributed by atoms with Crippen molar-refractivity contribution in [1.82, 2.24) is 16.0 Å². The number of hydrogen-bond acceptors (Lipinski definition) is 8. The third-order valence-electron chi connectivity index (χ3n) is 5.67. The molecular formula is C25H40N8O7. The number of nitrogens with zero attached hydrogens (tertiary/aromatic N) is 1. The number of aromatic hydroxyl groups is 1. The van der Waals surface area contributed by atoms with Crippen LogP contribution in [0, 0.1) is 5.92 Å². The van der Waals surface area contributed by atoms with Gasteiger partial charge in [-0.05, 0) is 42.9 Å². The summed E-state index contributed by atoms with van der Waals surface area (Å²) in [4.78, 5) is 65.9. The van der Waals surface area contributed by atoms with E-state index in [-0.39, 0.29) is 37.0 Å². The molecule has 0 aliphatic carbocycles. The number of carbonyl (C=O) groups is 5. The summed E-state index contributed by atoms with van der Waals surface area (Å²) < 4.78 is 0. The molecule has 4 amide bonds. The Balaban J connectivity index is 3.20. The number of phenolic OH excluding ortho intramolecular Hbond substituents is 1. The molecule has 15 nitrogen and oxygen atoms in total. The number of phenols is 1. The molecule has 0 heterocycles. The molecule has 0 saturated carbocycles. The van der Waals surface area contributed by atoms with E-state index in [1.807, 2.05) is 13.8 Å².